The summed E-state index contributed by atoms with van der Waals surface area (Å²) in [5.41, 5.74) is 9.50. The van der Waals surface area contributed by atoms with Crippen molar-refractivity contribution in [3.63, 3.8) is 0 Å². The van der Waals surface area contributed by atoms with Crippen LogP contribution in [0.5, 0.6) is 0 Å². The van der Waals surface area contributed by atoms with E-state index in [2.05, 4.69) is 10.6 Å². The third kappa shape index (κ3) is 4.57. The van der Waals surface area contributed by atoms with E-state index >= 15 is 0 Å². The Morgan fingerprint density at radius 1 is 1.00 bits per heavy atom. The van der Waals surface area contributed by atoms with Crippen molar-refractivity contribution in [2.24, 2.45) is 5.73 Å². The molecule has 0 spiro atoms. The normalized spacial score (nSPS) is 11.6. The molecular formula is C18H21N3O2. The van der Waals surface area contributed by atoms with Crippen LogP contribution in [0.3, 0.4) is 0 Å². The minimum absolute atomic E-state index is 0.192. The Kier molecular flexibility index (Phi) is 5.01. The first kappa shape index (κ1) is 16.5. The lowest BCUT2D eigenvalue weighted by atomic mass is 10.1. The number of carbonyl (C=O) groups is 2. The van der Waals surface area contributed by atoms with Crippen LogP contribution in [0, 0.1) is 13.8 Å². The molecule has 2 aromatic carbocycles. The van der Waals surface area contributed by atoms with Crippen LogP contribution in [0.4, 0.5) is 10.5 Å². The summed E-state index contributed by atoms with van der Waals surface area (Å²) >= 11 is 0. The molecule has 3 amide bonds. The largest absolute Gasteiger partial charge is 0.366 e. The highest BCUT2D eigenvalue weighted by atomic mass is 16.2. The summed E-state index contributed by atoms with van der Waals surface area (Å²) in [5.74, 6) is -0.468. The minimum atomic E-state index is -0.468. The van der Waals surface area contributed by atoms with E-state index < -0.39 is 5.91 Å². The maximum Gasteiger partial charge on any atom is 0.319 e. The number of urea groups is 1. The average molecular weight is 311 g/mol. The Balaban J connectivity index is 2.00. The molecule has 5 heteroatoms. The van der Waals surface area contributed by atoms with Crippen LogP contribution in [-0.2, 0) is 0 Å². The zero-order valence-corrected chi connectivity index (χ0v) is 13.5. The van der Waals surface area contributed by atoms with Crippen molar-refractivity contribution in [2.45, 2.75) is 26.8 Å². The maximum absolute atomic E-state index is 12.1. The zero-order valence-electron chi connectivity index (χ0n) is 13.5. The summed E-state index contributed by atoms with van der Waals surface area (Å²) < 4.78 is 0. The van der Waals surface area contributed by atoms with E-state index in [1.807, 2.05) is 39.0 Å². The summed E-state index contributed by atoms with van der Waals surface area (Å²) in [6, 6.07) is 12.3. The van der Waals surface area contributed by atoms with Crippen molar-refractivity contribution in [2.75, 3.05) is 5.32 Å². The predicted octanol–water partition coefficient (Wildman–Crippen LogP) is 3.29. The van der Waals surface area contributed by atoms with E-state index in [1.165, 1.54) is 0 Å². The second-order valence-electron chi connectivity index (χ2n) is 5.68. The molecule has 0 radical (unpaired) electrons. The average Bonchev–Trinajstić information content (AvgIpc) is 2.45. The van der Waals surface area contributed by atoms with Gasteiger partial charge >= 0.3 is 6.03 Å². The molecule has 5 nitrogen and oxygen atoms in total. The van der Waals surface area contributed by atoms with Gasteiger partial charge in [0.25, 0.3) is 0 Å². The number of benzene rings is 2. The summed E-state index contributed by atoms with van der Waals surface area (Å²) in [5, 5.41) is 5.70. The molecule has 23 heavy (non-hydrogen) atoms. The number of carbonyl (C=O) groups excluding carboxylic acids is 2. The van der Waals surface area contributed by atoms with Crippen LogP contribution in [-0.4, -0.2) is 11.9 Å². The molecule has 1 unspecified atom stereocenters. The summed E-state index contributed by atoms with van der Waals surface area (Å²) in [4.78, 5) is 23.2. The molecule has 0 saturated heterocycles. The number of nitrogens with one attached hydrogen (secondary N) is 2. The van der Waals surface area contributed by atoms with Crippen molar-refractivity contribution in [3.05, 3.63) is 64.7 Å². The fraction of sp³-hybridized carbons (Fsp3) is 0.222. The molecule has 120 valence electrons. The zero-order chi connectivity index (χ0) is 17.0. The minimum Gasteiger partial charge on any atom is -0.366 e. The molecule has 2 aromatic rings. The SMILES string of the molecule is Cc1cc(C)cc(NC(=O)NC(C)c2ccc(C(N)=O)cc2)c1. The van der Waals surface area contributed by atoms with Crippen LogP contribution >= 0.6 is 0 Å². The first-order valence-electron chi connectivity index (χ1n) is 7.41. The van der Waals surface area contributed by atoms with Crippen LogP contribution in [0.1, 0.15) is 40.0 Å². The number of primary amides is 1. The van der Waals surface area contributed by atoms with Gasteiger partial charge in [0.2, 0.25) is 5.91 Å². The van der Waals surface area contributed by atoms with Gasteiger partial charge in [0.1, 0.15) is 0 Å². The molecule has 0 aliphatic heterocycles. The Bertz CT molecular complexity index is 703. The second-order valence-corrected chi connectivity index (χ2v) is 5.68. The molecule has 4 N–H and O–H groups in total. The van der Waals surface area contributed by atoms with Crippen LogP contribution in [0.25, 0.3) is 0 Å². The van der Waals surface area contributed by atoms with Crippen molar-refractivity contribution < 1.29 is 9.59 Å². The van der Waals surface area contributed by atoms with Crippen molar-refractivity contribution in [1.82, 2.24) is 5.32 Å². The van der Waals surface area contributed by atoms with Gasteiger partial charge in [0.05, 0.1) is 6.04 Å². The summed E-state index contributed by atoms with van der Waals surface area (Å²) in [7, 11) is 0. The lowest BCUT2D eigenvalue weighted by Gasteiger charge is -2.16. The Morgan fingerprint density at radius 2 is 1.57 bits per heavy atom. The van der Waals surface area contributed by atoms with Gasteiger partial charge < -0.3 is 16.4 Å². The summed E-state index contributed by atoms with van der Waals surface area (Å²) in [6.07, 6.45) is 0. The fourth-order valence-corrected chi connectivity index (χ4v) is 2.43. The Morgan fingerprint density at radius 3 is 2.09 bits per heavy atom. The van der Waals surface area contributed by atoms with E-state index in [-0.39, 0.29) is 12.1 Å². The first-order valence-corrected chi connectivity index (χ1v) is 7.41. The van der Waals surface area contributed by atoms with E-state index in [0.717, 1.165) is 22.4 Å². The molecule has 0 saturated carbocycles. The van der Waals surface area contributed by atoms with Gasteiger partial charge in [-0.15, -0.1) is 0 Å². The van der Waals surface area contributed by atoms with Gasteiger partial charge in [0, 0.05) is 11.3 Å². The van der Waals surface area contributed by atoms with E-state index in [9.17, 15) is 9.59 Å². The van der Waals surface area contributed by atoms with Crippen LogP contribution in [0.2, 0.25) is 0 Å². The van der Waals surface area contributed by atoms with Gasteiger partial charge in [-0.3, -0.25) is 4.79 Å². The number of aryl methyl sites for hydroxylation is 2. The molecule has 0 aliphatic carbocycles. The van der Waals surface area contributed by atoms with E-state index in [4.69, 9.17) is 5.73 Å². The van der Waals surface area contributed by atoms with Gasteiger partial charge in [-0.2, -0.15) is 0 Å². The first-order chi connectivity index (χ1) is 10.8. The van der Waals surface area contributed by atoms with Gasteiger partial charge in [-0.25, -0.2) is 4.79 Å². The number of rotatable bonds is 4. The number of amides is 3. The smallest absolute Gasteiger partial charge is 0.319 e. The quantitative estimate of drug-likeness (QED) is 0.809. The van der Waals surface area contributed by atoms with Crippen LogP contribution < -0.4 is 16.4 Å². The maximum atomic E-state index is 12.1. The predicted molar refractivity (Wildman–Crippen MR) is 91.4 cm³/mol. The number of hydrogen-bond donors (Lipinski definition) is 3. The second kappa shape index (κ2) is 6.96. The van der Waals surface area contributed by atoms with Gasteiger partial charge in [0.15, 0.2) is 0 Å². The van der Waals surface area contributed by atoms with Crippen LogP contribution in [0.15, 0.2) is 42.5 Å². The third-order valence-corrected chi connectivity index (χ3v) is 3.52. The molecule has 0 aromatic heterocycles. The highest BCUT2D eigenvalue weighted by Crippen LogP contribution is 2.16. The number of anilines is 1. The summed E-state index contributed by atoms with van der Waals surface area (Å²) in [6.45, 7) is 5.85. The number of nitrogens with two attached hydrogens (primary N) is 1. The molecule has 0 heterocycles. The Hall–Kier alpha value is -2.82. The molecule has 0 bridgehead atoms. The Labute approximate surface area is 135 Å². The molecule has 0 fully saturated rings. The molecule has 1 atom stereocenters. The molecule has 0 aliphatic rings. The third-order valence-electron chi connectivity index (χ3n) is 3.52. The lowest BCUT2D eigenvalue weighted by molar-refractivity contribution is 0.1000. The van der Waals surface area contributed by atoms with Gasteiger partial charge in [-0.1, -0.05) is 18.2 Å². The lowest BCUT2D eigenvalue weighted by Crippen LogP contribution is -2.31. The highest BCUT2D eigenvalue weighted by molar-refractivity contribution is 5.93. The number of hydrogen-bond acceptors (Lipinski definition) is 2. The monoisotopic (exact) mass is 311 g/mol. The molecular weight excluding hydrogens is 290 g/mol. The van der Waals surface area contributed by atoms with Crippen molar-refractivity contribution >= 4 is 17.6 Å². The standard InChI is InChI=1S/C18H21N3O2/c1-11-8-12(2)10-16(9-11)21-18(23)20-13(3)14-4-6-15(7-5-14)17(19)22/h4-10,13H,1-3H3,(H2,19,22)(H2,20,21,23). The van der Waals surface area contributed by atoms with Gasteiger partial charge in [-0.05, 0) is 61.7 Å². The highest BCUT2D eigenvalue weighted by Gasteiger charge is 2.10. The topological polar surface area (TPSA) is 84.2 Å². The van der Waals surface area contributed by atoms with Crippen molar-refractivity contribution in [1.29, 1.82) is 0 Å². The van der Waals surface area contributed by atoms with Crippen molar-refractivity contribution in [3.8, 4) is 0 Å². The molecule has 2 rings (SSSR count). The van der Waals surface area contributed by atoms with E-state index in [1.54, 1.807) is 24.3 Å². The van der Waals surface area contributed by atoms with E-state index in [0.29, 0.717) is 5.56 Å². The fourth-order valence-electron chi connectivity index (χ4n) is 2.43.